The van der Waals surface area contributed by atoms with Gasteiger partial charge in [0.2, 0.25) is 0 Å². The second kappa shape index (κ2) is 6.52. The Bertz CT molecular complexity index is 496. The summed E-state index contributed by atoms with van der Waals surface area (Å²) in [7, 11) is 0. The Morgan fingerprint density at radius 1 is 1.21 bits per heavy atom. The van der Waals surface area contributed by atoms with Crippen LogP contribution in [0.5, 0.6) is 0 Å². The molecule has 0 saturated heterocycles. The highest BCUT2D eigenvalue weighted by molar-refractivity contribution is 5.25. The number of rotatable bonds is 6. The molecule has 2 aromatic rings. The monoisotopic (exact) mass is 261 g/mol. The van der Waals surface area contributed by atoms with Gasteiger partial charge in [0.1, 0.15) is 5.76 Å². The van der Waals surface area contributed by atoms with Gasteiger partial charge in [-0.2, -0.15) is 0 Å². The molecule has 4 heteroatoms. The third kappa shape index (κ3) is 3.44. The second-order valence-corrected chi connectivity index (χ2v) is 4.54. The first-order valence-electron chi connectivity index (χ1n) is 6.34. The van der Waals surface area contributed by atoms with Gasteiger partial charge < -0.3 is 14.6 Å². The molecule has 0 aliphatic carbocycles. The summed E-state index contributed by atoms with van der Waals surface area (Å²) in [5, 5.41) is 21.9. The highest BCUT2D eigenvalue weighted by Gasteiger charge is 2.16. The molecule has 1 aromatic heterocycles. The number of furan rings is 1. The maximum Gasteiger partial charge on any atom is 0.123 e. The zero-order valence-electron chi connectivity index (χ0n) is 10.9. The molecule has 0 radical (unpaired) electrons. The SMILES string of the molecule is CC(NC(CO)c1ccco1)c1cccc(CO)c1. The number of hydrogen-bond donors (Lipinski definition) is 3. The summed E-state index contributed by atoms with van der Waals surface area (Å²) in [6, 6.07) is 11.2. The molecule has 0 spiro atoms. The van der Waals surface area contributed by atoms with Crippen LogP contribution < -0.4 is 5.32 Å². The van der Waals surface area contributed by atoms with E-state index in [0.717, 1.165) is 11.1 Å². The second-order valence-electron chi connectivity index (χ2n) is 4.54. The summed E-state index contributed by atoms with van der Waals surface area (Å²) < 4.78 is 5.31. The Kier molecular flexibility index (Phi) is 4.74. The van der Waals surface area contributed by atoms with E-state index in [1.54, 1.807) is 12.3 Å². The minimum Gasteiger partial charge on any atom is -0.468 e. The van der Waals surface area contributed by atoms with Crippen LogP contribution in [0.2, 0.25) is 0 Å². The van der Waals surface area contributed by atoms with E-state index in [1.165, 1.54) is 0 Å². The predicted octanol–water partition coefficient (Wildman–Crippen LogP) is 2.16. The highest BCUT2D eigenvalue weighted by atomic mass is 16.3. The van der Waals surface area contributed by atoms with Crippen LogP contribution in [0, 0.1) is 0 Å². The summed E-state index contributed by atoms with van der Waals surface area (Å²) in [5.41, 5.74) is 1.95. The normalized spacial score (nSPS) is 14.3. The lowest BCUT2D eigenvalue weighted by molar-refractivity contribution is 0.217. The number of aliphatic hydroxyl groups excluding tert-OH is 2. The van der Waals surface area contributed by atoms with Gasteiger partial charge in [-0.05, 0) is 30.2 Å². The number of nitrogens with one attached hydrogen (secondary N) is 1. The molecular weight excluding hydrogens is 242 g/mol. The smallest absolute Gasteiger partial charge is 0.123 e. The van der Waals surface area contributed by atoms with Crippen molar-refractivity contribution in [2.45, 2.75) is 25.6 Å². The molecule has 2 unspecified atom stereocenters. The van der Waals surface area contributed by atoms with Gasteiger partial charge in [0, 0.05) is 6.04 Å². The summed E-state index contributed by atoms with van der Waals surface area (Å²) in [5.74, 6) is 0.715. The van der Waals surface area contributed by atoms with Gasteiger partial charge in [-0.15, -0.1) is 0 Å². The topological polar surface area (TPSA) is 65.6 Å². The van der Waals surface area contributed by atoms with Gasteiger partial charge in [-0.1, -0.05) is 24.3 Å². The van der Waals surface area contributed by atoms with Crippen molar-refractivity contribution < 1.29 is 14.6 Å². The van der Waals surface area contributed by atoms with Crippen LogP contribution in [0.4, 0.5) is 0 Å². The van der Waals surface area contributed by atoms with Gasteiger partial charge in [0.25, 0.3) is 0 Å². The molecule has 0 saturated carbocycles. The Balaban J connectivity index is 2.08. The zero-order chi connectivity index (χ0) is 13.7. The summed E-state index contributed by atoms with van der Waals surface area (Å²) in [4.78, 5) is 0. The third-order valence-electron chi connectivity index (χ3n) is 3.15. The van der Waals surface area contributed by atoms with E-state index in [4.69, 9.17) is 9.52 Å². The van der Waals surface area contributed by atoms with Crippen LogP contribution in [0.25, 0.3) is 0 Å². The average molecular weight is 261 g/mol. The lowest BCUT2D eigenvalue weighted by Crippen LogP contribution is -2.27. The van der Waals surface area contributed by atoms with Gasteiger partial charge in [-0.3, -0.25) is 5.32 Å². The van der Waals surface area contributed by atoms with Gasteiger partial charge >= 0.3 is 0 Å². The first-order chi connectivity index (χ1) is 9.24. The molecule has 1 heterocycles. The molecular formula is C15H19NO3. The zero-order valence-corrected chi connectivity index (χ0v) is 10.9. The number of hydrogen-bond acceptors (Lipinski definition) is 4. The van der Waals surface area contributed by atoms with Crippen LogP contribution in [0.3, 0.4) is 0 Å². The minimum absolute atomic E-state index is 0.0299. The van der Waals surface area contributed by atoms with Crippen molar-refractivity contribution >= 4 is 0 Å². The van der Waals surface area contributed by atoms with E-state index >= 15 is 0 Å². The maximum atomic E-state index is 9.43. The fourth-order valence-electron chi connectivity index (χ4n) is 2.07. The molecule has 0 aliphatic heterocycles. The van der Waals surface area contributed by atoms with E-state index in [9.17, 15) is 5.11 Å². The molecule has 3 N–H and O–H groups in total. The quantitative estimate of drug-likeness (QED) is 0.745. The Morgan fingerprint density at radius 3 is 2.68 bits per heavy atom. The first-order valence-corrected chi connectivity index (χ1v) is 6.34. The van der Waals surface area contributed by atoms with Crippen molar-refractivity contribution in [3.63, 3.8) is 0 Å². The van der Waals surface area contributed by atoms with Crippen LogP contribution in [0.1, 0.15) is 35.9 Å². The number of benzene rings is 1. The summed E-state index contributed by atoms with van der Waals surface area (Å²) in [6.45, 7) is 2.02. The van der Waals surface area contributed by atoms with Crippen molar-refractivity contribution in [2.24, 2.45) is 0 Å². The lowest BCUT2D eigenvalue weighted by atomic mass is 10.0. The van der Waals surface area contributed by atoms with E-state index in [-0.39, 0.29) is 25.3 Å². The molecule has 0 fully saturated rings. The molecule has 4 nitrogen and oxygen atoms in total. The van der Waals surface area contributed by atoms with Gasteiger partial charge in [0.05, 0.1) is 25.5 Å². The van der Waals surface area contributed by atoms with Crippen LogP contribution in [-0.2, 0) is 6.61 Å². The van der Waals surface area contributed by atoms with Crippen molar-refractivity contribution in [3.8, 4) is 0 Å². The van der Waals surface area contributed by atoms with Gasteiger partial charge in [0.15, 0.2) is 0 Å². The molecule has 1 aromatic carbocycles. The molecule has 102 valence electrons. The number of aliphatic hydroxyl groups is 2. The third-order valence-corrected chi connectivity index (χ3v) is 3.15. The Morgan fingerprint density at radius 2 is 2.05 bits per heavy atom. The van der Waals surface area contributed by atoms with Crippen LogP contribution >= 0.6 is 0 Å². The van der Waals surface area contributed by atoms with Crippen LogP contribution in [-0.4, -0.2) is 16.8 Å². The summed E-state index contributed by atoms with van der Waals surface area (Å²) in [6.07, 6.45) is 1.59. The van der Waals surface area contributed by atoms with Crippen molar-refractivity contribution in [3.05, 3.63) is 59.5 Å². The molecule has 2 rings (SSSR count). The molecule has 0 aliphatic rings. The van der Waals surface area contributed by atoms with Crippen molar-refractivity contribution in [1.29, 1.82) is 0 Å². The molecule has 2 atom stereocenters. The summed E-state index contributed by atoms with van der Waals surface area (Å²) >= 11 is 0. The van der Waals surface area contributed by atoms with E-state index in [2.05, 4.69) is 5.32 Å². The van der Waals surface area contributed by atoms with E-state index < -0.39 is 0 Å². The fourth-order valence-corrected chi connectivity index (χ4v) is 2.07. The first kappa shape index (κ1) is 13.8. The molecule has 0 bridgehead atoms. The van der Waals surface area contributed by atoms with E-state index in [0.29, 0.717) is 5.76 Å². The maximum absolute atomic E-state index is 9.43. The minimum atomic E-state index is -0.234. The lowest BCUT2D eigenvalue weighted by Gasteiger charge is -2.21. The average Bonchev–Trinajstić information content (AvgIpc) is 2.98. The van der Waals surface area contributed by atoms with Crippen molar-refractivity contribution in [1.82, 2.24) is 5.32 Å². The van der Waals surface area contributed by atoms with E-state index in [1.807, 2.05) is 37.3 Å². The highest BCUT2D eigenvalue weighted by Crippen LogP contribution is 2.20. The fraction of sp³-hybridized carbons (Fsp3) is 0.333. The van der Waals surface area contributed by atoms with Gasteiger partial charge in [-0.25, -0.2) is 0 Å². The van der Waals surface area contributed by atoms with Crippen molar-refractivity contribution in [2.75, 3.05) is 6.61 Å². The molecule has 19 heavy (non-hydrogen) atoms. The standard InChI is InChI=1S/C15H19NO3/c1-11(13-5-2-4-12(8-13)9-17)16-14(10-18)15-6-3-7-19-15/h2-8,11,14,16-18H,9-10H2,1H3. The largest absolute Gasteiger partial charge is 0.468 e. The Hall–Kier alpha value is -1.62. The molecule has 0 amide bonds. The Labute approximate surface area is 112 Å². The predicted molar refractivity (Wildman–Crippen MR) is 72.5 cm³/mol. The van der Waals surface area contributed by atoms with Crippen LogP contribution in [0.15, 0.2) is 47.1 Å².